The summed E-state index contributed by atoms with van der Waals surface area (Å²) in [5, 5.41) is 14.6. The van der Waals surface area contributed by atoms with Gasteiger partial charge in [-0.25, -0.2) is 0 Å². The number of carbonyl (C=O) groups excluding carboxylic acids is 3. The van der Waals surface area contributed by atoms with E-state index in [4.69, 9.17) is 5.11 Å². The van der Waals surface area contributed by atoms with Crippen molar-refractivity contribution in [2.75, 3.05) is 13.2 Å². The molecule has 3 rings (SSSR count). The molecule has 2 amide bonds. The highest BCUT2D eigenvalue weighted by molar-refractivity contribution is 6.24. The molecule has 0 atom stereocenters. The van der Waals surface area contributed by atoms with Crippen LogP contribution in [0.25, 0.3) is 17.7 Å². The summed E-state index contributed by atoms with van der Waals surface area (Å²) >= 11 is 0. The SMILES string of the molecule is O=C(CO)CCCCCNC(=O)/C=C/c1ccc(/C=C(/C(=O)NC2CC2)c2ccccc2)cc1. The first-order valence-electron chi connectivity index (χ1n) is 11.8. The summed E-state index contributed by atoms with van der Waals surface area (Å²) in [6.07, 6.45) is 9.93. The maximum atomic E-state index is 12.8. The molecule has 3 N–H and O–H groups in total. The van der Waals surface area contributed by atoms with Crippen LogP contribution in [-0.2, 0) is 14.4 Å². The van der Waals surface area contributed by atoms with Crippen LogP contribution in [0.15, 0.2) is 60.7 Å². The Morgan fingerprint density at radius 1 is 0.912 bits per heavy atom. The zero-order chi connectivity index (χ0) is 24.2. The first kappa shape index (κ1) is 25.1. The summed E-state index contributed by atoms with van der Waals surface area (Å²) in [5.41, 5.74) is 3.31. The average Bonchev–Trinajstić information content (AvgIpc) is 3.68. The van der Waals surface area contributed by atoms with Crippen molar-refractivity contribution in [3.63, 3.8) is 0 Å². The fraction of sp³-hybridized carbons (Fsp3) is 0.321. The van der Waals surface area contributed by atoms with Crippen molar-refractivity contribution in [2.45, 2.75) is 44.6 Å². The fourth-order valence-corrected chi connectivity index (χ4v) is 3.40. The largest absolute Gasteiger partial charge is 0.389 e. The number of carbonyl (C=O) groups is 3. The van der Waals surface area contributed by atoms with Crippen molar-refractivity contribution in [2.24, 2.45) is 0 Å². The van der Waals surface area contributed by atoms with Gasteiger partial charge >= 0.3 is 0 Å². The van der Waals surface area contributed by atoms with Gasteiger partial charge in [0, 0.05) is 30.7 Å². The molecule has 178 valence electrons. The van der Waals surface area contributed by atoms with E-state index in [0.717, 1.165) is 48.8 Å². The Labute approximate surface area is 200 Å². The molecule has 6 heteroatoms. The van der Waals surface area contributed by atoms with E-state index in [0.29, 0.717) is 18.5 Å². The summed E-state index contributed by atoms with van der Waals surface area (Å²) in [7, 11) is 0. The van der Waals surface area contributed by atoms with Gasteiger partial charge < -0.3 is 15.7 Å². The summed E-state index contributed by atoms with van der Waals surface area (Å²) < 4.78 is 0. The van der Waals surface area contributed by atoms with Gasteiger partial charge in [-0.15, -0.1) is 0 Å². The lowest BCUT2D eigenvalue weighted by atomic mass is 10.0. The molecule has 0 unspecified atom stereocenters. The van der Waals surface area contributed by atoms with Gasteiger partial charge in [-0.05, 0) is 54.5 Å². The van der Waals surface area contributed by atoms with Crippen LogP contribution >= 0.6 is 0 Å². The molecule has 0 aliphatic heterocycles. The minimum atomic E-state index is -0.400. The van der Waals surface area contributed by atoms with E-state index in [1.807, 2.05) is 60.7 Å². The molecule has 0 radical (unpaired) electrons. The van der Waals surface area contributed by atoms with E-state index in [2.05, 4.69) is 10.6 Å². The lowest BCUT2D eigenvalue weighted by molar-refractivity contribution is -0.122. The molecule has 0 heterocycles. The number of Topliss-reactive ketones (excluding diaryl/α,β-unsaturated/α-hetero) is 1. The highest BCUT2D eigenvalue weighted by Crippen LogP contribution is 2.23. The van der Waals surface area contributed by atoms with Gasteiger partial charge in [0.2, 0.25) is 5.91 Å². The Hall–Kier alpha value is -3.51. The summed E-state index contributed by atoms with van der Waals surface area (Å²) in [4.78, 5) is 35.8. The van der Waals surface area contributed by atoms with E-state index in [9.17, 15) is 14.4 Å². The number of amides is 2. The smallest absolute Gasteiger partial charge is 0.252 e. The molecular formula is C28H32N2O4. The van der Waals surface area contributed by atoms with Gasteiger partial charge in [-0.3, -0.25) is 14.4 Å². The second-order valence-electron chi connectivity index (χ2n) is 8.47. The molecule has 0 bridgehead atoms. The number of unbranched alkanes of at least 4 members (excludes halogenated alkanes) is 2. The second kappa shape index (κ2) is 13.3. The molecular weight excluding hydrogens is 428 g/mol. The van der Waals surface area contributed by atoms with Crippen LogP contribution in [0.2, 0.25) is 0 Å². The zero-order valence-corrected chi connectivity index (χ0v) is 19.3. The number of ketones is 1. The number of aliphatic hydroxyl groups excluding tert-OH is 1. The summed E-state index contributed by atoms with van der Waals surface area (Å²) in [6.45, 7) is 0.147. The monoisotopic (exact) mass is 460 g/mol. The first-order valence-corrected chi connectivity index (χ1v) is 11.8. The molecule has 1 fully saturated rings. The van der Waals surface area contributed by atoms with Crippen molar-refractivity contribution in [1.29, 1.82) is 0 Å². The maximum Gasteiger partial charge on any atom is 0.252 e. The number of hydrogen-bond acceptors (Lipinski definition) is 4. The van der Waals surface area contributed by atoms with Gasteiger partial charge in [-0.2, -0.15) is 0 Å². The number of rotatable bonds is 13. The lowest BCUT2D eigenvalue weighted by Gasteiger charge is -2.09. The zero-order valence-electron chi connectivity index (χ0n) is 19.3. The Balaban J connectivity index is 1.52. The Morgan fingerprint density at radius 3 is 2.29 bits per heavy atom. The quantitative estimate of drug-likeness (QED) is 0.241. The Bertz CT molecular complexity index is 1020. The number of nitrogens with one attached hydrogen (secondary N) is 2. The third-order valence-corrected chi connectivity index (χ3v) is 5.52. The fourth-order valence-electron chi connectivity index (χ4n) is 3.40. The average molecular weight is 461 g/mol. The van der Waals surface area contributed by atoms with E-state index < -0.39 is 6.61 Å². The highest BCUT2D eigenvalue weighted by Gasteiger charge is 2.25. The van der Waals surface area contributed by atoms with Crippen LogP contribution in [0, 0.1) is 0 Å². The van der Waals surface area contributed by atoms with Crippen LogP contribution in [0.5, 0.6) is 0 Å². The molecule has 0 spiro atoms. The van der Waals surface area contributed by atoms with Crippen LogP contribution in [-0.4, -0.2) is 41.9 Å². The Kier molecular flexibility index (Phi) is 9.80. The van der Waals surface area contributed by atoms with Crippen LogP contribution in [0.3, 0.4) is 0 Å². The van der Waals surface area contributed by atoms with E-state index in [1.54, 1.807) is 6.08 Å². The maximum absolute atomic E-state index is 12.8. The van der Waals surface area contributed by atoms with Gasteiger partial charge in [0.15, 0.2) is 5.78 Å². The standard InChI is InChI=1S/C28H32N2O4/c31-20-25(32)9-5-2-6-18-29-27(33)17-14-21-10-12-22(13-11-21)19-26(23-7-3-1-4-8-23)28(34)30-24-15-16-24/h1,3-4,7-8,10-14,17,19,24,31H,2,5-6,9,15-16,18,20H2,(H,29,33)(H,30,34)/b17-14+,26-19+. The highest BCUT2D eigenvalue weighted by atomic mass is 16.3. The molecule has 34 heavy (non-hydrogen) atoms. The van der Waals surface area contributed by atoms with E-state index >= 15 is 0 Å². The van der Waals surface area contributed by atoms with Crippen LogP contribution in [0.4, 0.5) is 0 Å². The summed E-state index contributed by atoms with van der Waals surface area (Å²) in [5.74, 6) is -0.376. The van der Waals surface area contributed by atoms with E-state index in [-0.39, 0.29) is 23.6 Å². The molecule has 1 saturated carbocycles. The minimum absolute atomic E-state index is 0.0608. The van der Waals surface area contributed by atoms with Gasteiger partial charge in [0.1, 0.15) is 6.61 Å². The summed E-state index contributed by atoms with van der Waals surface area (Å²) in [6, 6.07) is 17.6. The molecule has 2 aromatic carbocycles. The molecule has 2 aromatic rings. The van der Waals surface area contributed by atoms with E-state index in [1.165, 1.54) is 6.08 Å². The molecule has 1 aliphatic carbocycles. The predicted molar refractivity (Wildman–Crippen MR) is 135 cm³/mol. The number of hydrogen-bond donors (Lipinski definition) is 3. The van der Waals surface area contributed by atoms with Crippen molar-refractivity contribution >= 4 is 35.3 Å². The number of benzene rings is 2. The van der Waals surface area contributed by atoms with Crippen molar-refractivity contribution in [3.05, 3.63) is 77.4 Å². The molecule has 0 saturated heterocycles. The van der Waals surface area contributed by atoms with Gasteiger partial charge in [0.25, 0.3) is 5.91 Å². The first-order chi connectivity index (χ1) is 16.5. The van der Waals surface area contributed by atoms with Crippen molar-refractivity contribution in [1.82, 2.24) is 10.6 Å². The predicted octanol–water partition coefficient (Wildman–Crippen LogP) is 3.76. The van der Waals surface area contributed by atoms with Crippen LogP contribution < -0.4 is 10.6 Å². The van der Waals surface area contributed by atoms with Crippen molar-refractivity contribution < 1.29 is 19.5 Å². The second-order valence-corrected chi connectivity index (χ2v) is 8.47. The molecule has 6 nitrogen and oxygen atoms in total. The minimum Gasteiger partial charge on any atom is -0.389 e. The van der Waals surface area contributed by atoms with Crippen molar-refractivity contribution in [3.8, 4) is 0 Å². The third-order valence-electron chi connectivity index (χ3n) is 5.52. The Morgan fingerprint density at radius 2 is 1.62 bits per heavy atom. The third kappa shape index (κ3) is 8.79. The normalized spacial score (nSPS) is 13.6. The van der Waals surface area contributed by atoms with Crippen LogP contribution in [0.1, 0.15) is 55.2 Å². The lowest BCUT2D eigenvalue weighted by Crippen LogP contribution is -2.26. The molecule has 0 aromatic heterocycles. The molecule has 1 aliphatic rings. The van der Waals surface area contributed by atoms with Gasteiger partial charge in [0.05, 0.1) is 0 Å². The number of aliphatic hydroxyl groups is 1. The topological polar surface area (TPSA) is 95.5 Å². The van der Waals surface area contributed by atoms with Gasteiger partial charge in [-0.1, -0.05) is 61.0 Å².